The molecule has 1 aliphatic heterocycles. The Morgan fingerprint density at radius 2 is 2.00 bits per heavy atom. The molecule has 5 nitrogen and oxygen atoms in total. The minimum atomic E-state index is -0.0372. The van der Waals surface area contributed by atoms with Crippen molar-refractivity contribution in [1.82, 2.24) is 15.1 Å². The van der Waals surface area contributed by atoms with Crippen LogP contribution in [0.5, 0.6) is 0 Å². The lowest BCUT2D eigenvalue weighted by Gasteiger charge is -2.32. The van der Waals surface area contributed by atoms with Gasteiger partial charge in [-0.3, -0.25) is 4.79 Å². The van der Waals surface area contributed by atoms with Gasteiger partial charge in [0.1, 0.15) is 0 Å². The van der Waals surface area contributed by atoms with Crippen molar-refractivity contribution in [3.05, 3.63) is 12.7 Å². The van der Waals surface area contributed by atoms with Gasteiger partial charge in [0.15, 0.2) is 0 Å². The Morgan fingerprint density at radius 1 is 1.42 bits per heavy atom. The summed E-state index contributed by atoms with van der Waals surface area (Å²) < 4.78 is 0. The number of carbonyl (C=O) groups is 2. The molecule has 0 aromatic carbocycles. The molecule has 1 aliphatic rings. The van der Waals surface area contributed by atoms with Gasteiger partial charge < -0.3 is 15.1 Å². The second-order valence-corrected chi connectivity index (χ2v) is 5.40. The Bertz CT molecular complexity index is 334. The Hall–Kier alpha value is -1.52. The third kappa shape index (κ3) is 4.93. The van der Waals surface area contributed by atoms with Crippen molar-refractivity contribution >= 4 is 11.9 Å². The van der Waals surface area contributed by atoms with E-state index in [-0.39, 0.29) is 18.0 Å². The topological polar surface area (TPSA) is 52.7 Å². The molecule has 0 bridgehead atoms. The average Bonchev–Trinajstić information content (AvgIpc) is 2.39. The lowest BCUT2D eigenvalue weighted by atomic mass is 9.93. The molecule has 1 heterocycles. The maximum absolute atomic E-state index is 11.9. The van der Waals surface area contributed by atoms with Crippen molar-refractivity contribution in [3.8, 4) is 0 Å². The fourth-order valence-corrected chi connectivity index (χ4v) is 2.11. The predicted molar refractivity (Wildman–Crippen MR) is 75.8 cm³/mol. The Morgan fingerprint density at radius 3 is 2.47 bits per heavy atom. The number of carbonyl (C=O) groups excluding carboxylic acids is 2. The van der Waals surface area contributed by atoms with Crippen molar-refractivity contribution < 1.29 is 9.59 Å². The molecule has 0 unspecified atom stereocenters. The molecule has 0 aromatic heterocycles. The van der Waals surface area contributed by atoms with E-state index < -0.39 is 0 Å². The summed E-state index contributed by atoms with van der Waals surface area (Å²) >= 11 is 0. The molecule has 1 fully saturated rings. The molecule has 108 valence electrons. The van der Waals surface area contributed by atoms with Gasteiger partial charge in [0.25, 0.3) is 0 Å². The van der Waals surface area contributed by atoms with E-state index in [4.69, 9.17) is 0 Å². The molecule has 1 saturated heterocycles. The third-order valence-corrected chi connectivity index (χ3v) is 3.57. The van der Waals surface area contributed by atoms with E-state index in [0.717, 1.165) is 25.9 Å². The number of urea groups is 1. The van der Waals surface area contributed by atoms with E-state index >= 15 is 0 Å². The van der Waals surface area contributed by atoms with Gasteiger partial charge in [-0.1, -0.05) is 6.08 Å². The highest BCUT2D eigenvalue weighted by Gasteiger charge is 2.25. The number of likely N-dealkylation sites (tertiary alicyclic amines) is 1. The summed E-state index contributed by atoms with van der Waals surface area (Å²) in [4.78, 5) is 27.0. The molecule has 0 aromatic rings. The molecule has 5 heteroatoms. The first-order valence-electron chi connectivity index (χ1n) is 6.82. The number of nitrogens with one attached hydrogen (secondary N) is 1. The lowest BCUT2D eigenvalue weighted by molar-refractivity contribution is -0.129. The first-order valence-corrected chi connectivity index (χ1v) is 6.82. The standard InChI is InChI=1S/C14H25N3O2/c1-5-11(2)15-14(19)17-8-6-12(7-9-17)10-13(18)16(3)4/h5,11-12H,1,6-10H2,2-4H3,(H,15,19)/t11-/m0/s1. The van der Waals surface area contributed by atoms with Crippen LogP contribution in [0.1, 0.15) is 26.2 Å². The summed E-state index contributed by atoms with van der Waals surface area (Å²) in [5.74, 6) is 0.568. The highest BCUT2D eigenvalue weighted by molar-refractivity contribution is 5.76. The van der Waals surface area contributed by atoms with Crippen LogP contribution in [0.3, 0.4) is 0 Å². The highest BCUT2D eigenvalue weighted by atomic mass is 16.2. The van der Waals surface area contributed by atoms with E-state index in [1.165, 1.54) is 0 Å². The molecule has 3 amide bonds. The van der Waals surface area contributed by atoms with Crippen LogP contribution >= 0.6 is 0 Å². The van der Waals surface area contributed by atoms with Gasteiger partial charge in [-0.05, 0) is 25.7 Å². The van der Waals surface area contributed by atoms with E-state index in [0.29, 0.717) is 12.3 Å². The number of amides is 3. The molecule has 0 aliphatic carbocycles. The van der Waals surface area contributed by atoms with Crippen molar-refractivity contribution in [2.45, 2.75) is 32.2 Å². The fraction of sp³-hybridized carbons (Fsp3) is 0.714. The zero-order chi connectivity index (χ0) is 14.4. The molecule has 1 atom stereocenters. The van der Waals surface area contributed by atoms with Crippen LogP contribution in [0.15, 0.2) is 12.7 Å². The highest BCUT2D eigenvalue weighted by Crippen LogP contribution is 2.21. The summed E-state index contributed by atoms with van der Waals surface area (Å²) in [7, 11) is 3.56. The van der Waals surface area contributed by atoms with Gasteiger partial charge in [0, 0.05) is 39.6 Å². The number of piperidine rings is 1. The SMILES string of the molecule is C=C[C@H](C)NC(=O)N1CCC(CC(=O)N(C)C)CC1. The van der Waals surface area contributed by atoms with Crippen LogP contribution < -0.4 is 5.32 Å². The van der Waals surface area contributed by atoms with Crippen LogP contribution in [-0.2, 0) is 4.79 Å². The Kier molecular flexibility index (Phi) is 5.86. The predicted octanol–water partition coefficient (Wildman–Crippen LogP) is 1.46. The molecule has 0 radical (unpaired) electrons. The van der Waals surface area contributed by atoms with Crippen LogP contribution in [0, 0.1) is 5.92 Å². The largest absolute Gasteiger partial charge is 0.349 e. The van der Waals surface area contributed by atoms with Crippen molar-refractivity contribution in [1.29, 1.82) is 0 Å². The minimum absolute atomic E-state index is 0.0134. The summed E-state index contributed by atoms with van der Waals surface area (Å²) in [6.07, 6.45) is 4.09. The first kappa shape index (κ1) is 15.5. The van der Waals surface area contributed by atoms with Gasteiger partial charge in [-0.15, -0.1) is 6.58 Å². The van der Waals surface area contributed by atoms with Gasteiger partial charge in [0.05, 0.1) is 0 Å². The average molecular weight is 267 g/mol. The van der Waals surface area contributed by atoms with Gasteiger partial charge >= 0.3 is 6.03 Å². The zero-order valence-electron chi connectivity index (χ0n) is 12.2. The van der Waals surface area contributed by atoms with E-state index in [1.807, 2.05) is 11.8 Å². The molecule has 0 spiro atoms. The third-order valence-electron chi connectivity index (χ3n) is 3.57. The molecule has 19 heavy (non-hydrogen) atoms. The monoisotopic (exact) mass is 267 g/mol. The molecule has 1 N–H and O–H groups in total. The Labute approximate surface area is 115 Å². The molecule has 0 saturated carbocycles. The van der Waals surface area contributed by atoms with E-state index in [2.05, 4.69) is 11.9 Å². The molecular weight excluding hydrogens is 242 g/mol. The maximum Gasteiger partial charge on any atom is 0.317 e. The summed E-state index contributed by atoms with van der Waals surface area (Å²) in [6, 6.07) is -0.0506. The first-order chi connectivity index (χ1) is 8.93. The van der Waals surface area contributed by atoms with Crippen LogP contribution in [0.25, 0.3) is 0 Å². The minimum Gasteiger partial charge on any atom is -0.349 e. The van der Waals surface area contributed by atoms with Crippen molar-refractivity contribution in [2.75, 3.05) is 27.2 Å². The van der Waals surface area contributed by atoms with Gasteiger partial charge in [0.2, 0.25) is 5.91 Å². The van der Waals surface area contributed by atoms with Gasteiger partial charge in [-0.2, -0.15) is 0 Å². The maximum atomic E-state index is 11.9. The van der Waals surface area contributed by atoms with Crippen molar-refractivity contribution in [2.24, 2.45) is 5.92 Å². The van der Waals surface area contributed by atoms with E-state index in [1.54, 1.807) is 25.1 Å². The zero-order valence-corrected chi connectivity index (χ0v) is 12.2. The second-order valence-electron chi connectivity index (χ2n) is 5.40. The van der Waals surface area contributed by atoms with Crippen molar-refractivity contribution in [3.63, 3.8) is 0 Å². The number of rotatable bonds is 4. The number of hydrogen-bond donors (Lipinski definition) is 1. The summed E-state index contributed by atoms with van der Waals surface area (Å²) in [6.45, 7) is 6.99. The molecular formula is C14H25N3O2. The van der Waals surface area contributed by atoms with E-state index in [9.17, 15) is 9.59 Å². The number of nitrogens with zero attached hydrogens (tertiary/aromatic N) is 2. The molecule has 1 rings (SSSR count). The summed E-state index contributed by atoms with van der Waals surface area (Å²) in [5, 5.41) is 2.87. The smallest absolute Gasteiger partial charge is 0.317 e. The summed E-state index contributed by atoms with van der Waals surface area (Å²) in [5.41, 5.74) is 0. The number of hydrogen-bond acceptors (Lipinski definition) is 2. The van der Waals surface area contributed by atoms with Gasteiger partial charge in [-0.25, -0.2) is 4.79 Å². The lowest BCUT2D eigenvalue weighted by Crippen LogP contribution is -2.47. The quantitative estimate of drug-likeness (QED) is 0.784. The second kappa shape index (κ2) is 7.16. The van der Waals surface area contributed by atoms with Crippen LogP contribution in [0.2, 0.25) is 0 Å². The van der Waals surface area contributed by atoms with Crippen LogP contribution in [0.4, 0.5) is 4.79 Å². The fourth-order valence-electron chi connectivity index (χ4n) is 2.11. The normalized spacial score (nSPS) is 17.7. The Balaban J connectivity index is 2.34. The van der Waals surface area contributed by atoms with Crippen LogP contribution in [-0.4, -0.2) is 55.0 Å².